The molecule has 1 amide bonds. The molecule has 1 fully saturated rings. The lowest BCUT2D eigenvalue weighted by Gasteiger charge is -2.36. The Balaban J connectivity index is 1.29. The van der Waals surface area contributed by atoms with Crippen LogP contribution in [0.15, 0.2) is 48.7 Å². The molecule has 1 aliphatic rings. The summed E-state index contributed by atoms with van der Waals surface area (Å²) in [5, 5.41) is 16.6. The maximum absolute atomic E-state index is 12.8. The number of aryl methyl sites for hydroxylation is 1. The summed E-state index contributed by atoms with van der Waals surface area (Å²) in [6.45, 7) is 3.15. The molecule has 3 aromatic heterocycles. The number of nitrogens with one attached hydrogen (secondary N) is 2. The van der Waals surface area contributed by atoms with Gasteiger partial charge in [0.1, 0.15) is 11.5 Å². The predicted molar refractivity (Wildman–Crippen MR) is 124 cm³/mol. The van der Waals surface area contributed by atoms with Crippen molar-refractivity contribution in [3.8, 4) is 11.5 Å². The lowest BCUT2D eigenvalue weighted by molar-refractivity contribution is -0.0423. The zero-order chi connectivity index (χ0) is 22.9. The molecule has 3 N–H and O–H groups in total. The summed E-state index contributed by atoms with van der Waals surface area (Å²) in [7, 11) is 1.80. The largest absolute Gasteiger partial charge is 0.394 e. The van der Waals surface area contributed by atoms with Gasteiger partial charge in [-0.1, -0.05) is 12.1 Å². The standard InChI is InChI=1S/C23H25N7O3/c1-14-11-30(12-16(13-31)33-14)21-8-7-15(10-24-21)23(32)27-20-9-19(29(2)28-20)22-25-17-5-3-4-6-18(17)26-22/h3-10,14,16,31H,11-13H2,1-2H3,(H,25,26)(H,27,28,32). The van der Waals surface area contributed by atoms with Crippen LogP contribution in [0.4, 0.5) is 11.6 Å². The molecule has 1 saturated heterocycles. The summed E-state index contributed by atoms with van der Waals surface area (Å²) in [5.41, 5.74) is 2.99. The first kappa shape index (κ1) is 21.1. The minimum Gasteiger partial charge on any atom is -0.394 e. The normalized spacial score (nSPS) is 18.6. The number of aromatic nitrogens is 5. The van der Waals surface area contributed by atoms with Gasteiger partial charge in [-0.05, 0) is 31.2 Å². The molecule has 2 atom stereocenters. The van der Waals surface area contributed by atoms with Gasteiger partial charge in [-0.25, -0.2) is 9.97 Å². The van der Waals surface area contributed by atoms with Gasteiger partial charge in [-0.2, -0.15) is 5.10 Å². The van der Waals surface area contributed by atoms with Crippen LogP contribution in [-0.4, -0.2) is 67.7 Å². The van der Waals surface area contributed by atoms with Gasteiger partial charge >= 0.3 is 0 Å². The number of fused-ring (bicyclic) bond motifs is 1. The number of benzene rings is 1. The number of carbonyl (C=O) groups is 1. The van der Waals surface area contributed by atoms with E-state index in [0.29, 0.717) is 30.3 Å². The lowest BCUT2D eigenvalue weighted by atomic mass is 10.2. The van der Waals surface area contributed by atoms with Crippen LogP contribution in [0.3, 0.4) is 0 Å². The fourth-order valence-corrected chi connectivity index (χ4v) is 4.05. The maximum atomic E-state index is 12.8. The first-order valence-electron chi connectivity index (χ1n) is 10.8. The smallest absolute Gasteiger partial charge is 0.258 e. The molecule has 0 aliphatic carbocycles. The van der Waals surface area contributed by atoms with Gasteiger partial charge in [0.15, 0.2) is 11.6 Å². The number of pyridine rings is 1. The highest BCUT2D eigenvalue weighted by molar-refractivity contribution is 6.03. The molecule has 4 aromatic rings. The Hall–Kier alpha value is -3.76. The SMILES string of the molecule is CC1CN(c2ccc(C(=O)Nc3cc(-c4nc5ccccc5[nH]4)n(C)n3)cn2)CC(CO)O1. The number of aliphatic hydroxyl groups is 1. The fraction of sp³-hybridized carbons (Fsp3) is 0.304. The van der Waals surface area contributed by atoms with E-state index in [4.69, 9.17) is 4.74 Å². The molecule has 10 nitrogen and oxygen atoms in total. The van der Waals surface area contributed by atoms with Crippen molar-refractivity contribution in [3.05, 3.63) is 54.2 Å². The zero-order valence-corrected chi connectivity index (χ0v) is 18.4. The number of amides is 1. The molecule has 170 valence electrons. The summed E-state index contributed by atoms with van der Waals surface area (Å²) < 4.78 is 7.35. The fourth-order valence-electron chi connectivity index (χ4n) is 4.05. The topological polar surface area (TPSA) is 121 Å². The number of anilines is 2. The van der Waals surface area contributed by atoms with Crippen LogP contribution >= 0.6 is 0 Å². The Labute approximate surface area is 190 Å². The second-order valence-electron chi connectivity index (χ2n) is 8.16. The van der Waals surface area contributed by atoms with Crippen molar-refractivity contribution in [3.63, 3.8) is 0 Å². The van der Waals surface area contributed by atoms with Crippen LogP contribution in [0.1, 0.15) is 17.3 Å². The monoisotopic (exact) mass is 447 g/mol. The molecule has 1 aromatic carbocycles. The number of H-pyrrole nitrogens is 1. The van der Waals surface area contributed by atoms with Crippen molar-refractivity contribution < 1.29 is 14.6 Å². The van der Waals surface area contributed by atoms with E-state index < -0.39 is 0 Å². The molecule has 5 rings (SSSR count). The minimum absolute atomic E-state index is 0.00854. The molecule has 0 spiro atoms. The Morgan fingerprint density at radius 2 is 2.12 bits per heavy atom. The number of aromatic amines is 1. The van der Waals surface area contributed by atoms with Crippen molar-refractivity contribution in [2.75, 3.05) is 29.9 Å². The second-order valence-corrected chi connectivity index (χ2v) is 8.16. The summed E-state index contributed by atoms with van der Waals surface area (Å²) in [5.74, 6) is 1.55. The van der Waals surface area contributed by atoms with E-state index in [1.54, 1.807) is 36.1 Å². The highest BCUT2D eigenvalue weighted by Crippen LogP contribution is 2.23. The Kier molecular flexibility index (Phi) is 5.53. The van der Waals surface area contributed by atoms with Crippen LogP contribution in [0.2, 0.25) is 0 Å². The summed E-state index contributed by atoms with van der Waals surface area (Å²) in [6, 6.07) is 13.1. The number of aliphatic hydroxyl groups excluding tert-OH is 1. The van der Waals surface area contributed by atoms with Gasteiger partial charge in [-0.15, -0.1) is 0 Å². The predicted octanol–water partition coefficient (Wildman–Crippen LogP) is 2.20. The molecule has 2 unspecified atom stereocenters. The van der Waals surface area contributed by atoms with Gasteiger partial charge in [0.25, 0.3) is 5.91 Å². The number of ether oxygens (including phenoxy) is 1. The van der Waals surface area contributed by atoms with Crippen molar-refractivity contribution >= 4 is 28.6 Å². The van der Waals surface area contributed by atoms with Crippen molar-refractivity contribution in [1.29, 1.82) is 0 Å². The number of para-hydroxylation sites is 2. The molecule has 1 aliphatic heterocycles. The van der Waals surface area contributed by atoms with E-state index >= 15 is 0 Å². The minimum atomic E-state index is -0.299. The molecule has 4 heterocycles. The van der Waals surface area contributed by atoms with Crippen molar-refractivity contribution in [2.24, 2.45) is 7.05 Å². The number of hydrogen-bond donors (Lipinski definition) is 3. The highest BCUT2D eigenvalue weighted by atomic mass is 16.5. The highest BCUT2D eigenvalue weighted by Gasteiger charge is 2.25. The van der Waals surface area contributed by atoms with Gasteiger partial charge < -0.3 is 25.0 Å². The molecule has 33 heavy (non-hydrogen) atoms. The van der Waals surface area contributed by atoms with Gasteiger partial charge in [0.05, 0.1) is 35.4 Å². The van der Waals surface area contributed by atoms with Crippen molar-refractivity contribution in [2.45, 2.75) is 19.1 Å². The van der Waals surface area contributed by atoms with E-state index in [-0.39, 0.29) is 24.7 Å². The molecule has 10 heteroatoms. The van der Waals surface area contributed by atoms with Crippen LogP contribution in [0.25, 0.3) is 22.6 Å². The third-order valence-electron chi connectivity index (χ3n) is 5.62. The van der Waals surface area contributed by atoms with Gasteiger partial charge in [-0.3, -0.25) is 9.48 Å². The number of morpholine rings is 1. The average molecular weight is 447 g/mol. The van der Waals surface area contributed by atoms with Crippen LogP contribution in [-0.2, 0) is 11.8 Å². The van der Waals surface area contributed by atoms with E-state index in [0.717, 1.165) is 22.5 Å². The zero-order valence-electron chi connectivity index (χ0n) is 18.4. The van der Waals surface area contributed by atoms with Crippen LogP contribution in [0.5, 0.6) is 0 Å². The van der Waals surface area contributed by atoms with Crippen LogP contribution < -0.4 is 10.2 Å². The number of nitrogens with zero attached hydrogens (tertiary/aromatic N) is 5. The third kappa shape index (κ3) is 4.30. The summed E-state index contributed by atoms with van der Waals surface area (Å²) >= 11 is 0. The molecule has 0 radical (unpaired) electrons. The Bertz CT molecular complexity index is 1250. The number of carbonyl (C=O) groups excluding carboxylic acids is 1. The van der Waals surface area contributed by atoms with E-state index in [2.05, 4.69) is 30.3 Å². The van der Waals surface area contributed by atoms with Gasteiger partial charge in [0.2, 0.25) is 0 Å². The van der Waals surface area contributed by atoms with E-state index in [9.17, 15) is 9.90 Å². The molecular weight excluding hydrogens is 422 g/mol. The average Bonchev–Trinajstić information content (AvgIpc) is 3.41. The third-order valence-corrected chi connectivity index (χ3v) is 5.62. The first-order valence-corrected chi connectivity index (χ1v) is 10.8. The molecule has 0 saturated carbocycles. The maximum Gasteiger partial charge on any atom is 0.258 e. The molecular formula is C23H25N7O3. The van der Waals surface area contributed by atoms with Gasteiger partial charge in [0, 0.05) is 32.4 Å². The number of imidazole rings is 1. The lowest BCUT2D eigenvalue weighted by Crippen LogP contribution is -2.48. The van der Waals surface area contributed by atoms with E-state index in [1.807, 2.05) is 31.2 Å². The number of hydrogen-bond acceptors (Lipinski definition) is 7. The Morgan fingerprint density at radius 1 is 1.27 bits per heavy atom. The first-order chi connectivity index (χ1) is 16.0. The quantitative estimate of drug-likeness (QED) is 0.429. The summed E-state index contributed by atoms with van der Waals surface area (Å²) in [6.07, 6.45) is 1.29. The number of rotatable bonds is 5. The van der Waals surface area contributed by atoms with E-state index in [1.165, 1.54) is 0 Å². The second kappa shape index (κ2) is 8.64. The summed E-state index contributed by atoms with van der Waals surface area (Å²) in [4.78, 5) is 27.1. The van der Waals surface area contributed by atoms with Crippen molar-refractivity contribution in [1.82, 2.24) is 24.7 Å². The Morgan fingerprint density at radius 3 is 2.88 bits per heavy atom. The van der Waals surface area contributed by atoms with Crippen LogP contribution in [0, 0.1) is 0 Å². The molecule has 0 bridgehead atoms.